The SMILES string of the molecule is NC(=O)COc1ccc(Br)cc1C=NN=C1NC(=O)CS1. The number of nitrogens with two attached hydrogens (primary N) is 1. The van der Waals surface area contributed by atoms with E-state index in [2.05, 4.69) is 31.4 Å². The molecule has 2 rings (SSSR count). The van der Waals surface area contributed by atoms with Crippen LogP contribution in [0.25, 0.3) is 0 Å². The van der Waals surface area contributed by atoms with Crippen LogP contribution in [0.15, 0.2) is 32.9 Å². The molecule has 1 aromatic rings. The Morgan fingerprint density at radius 2 is 2.38 bits per heavy atom. The minimum absolute atomic E-state index is 0.0955. The Kier molecular flexibility index (Phi) is 5.34. The molecule has 0 spiro atoms. The molecule has 1 saturated heterocycles. The molecular formula is C12H11BrN4O3S. The molecule has 3 N–H and O–H groups in total. The third kappa shape index (κ3) is 4.87. The van der Waals surface area contributed by atoms with Gasteiger partial charge in [-0.1, -0.05) is 27.7 Å². The Balaban J connectivity index is 2.12. The number of carbonyl (C=O) groups is 2. The number of rotatable bonds is 5. The summed E-state index contributed by atoms with van der Waals surface area (Å²) < 4.78 is 6.11. The smallest absolute Gasteiger partial charge is 0.255 e. The number of halogens is 1. The summed E-state index contributed by atoms with van der Waals surface area (Å²) in [6.45, 7) is -0.219. The van der Waals surface area contributed by atoms with E-state index in [1.165, 1.54) is 18.0 Å². The van der Waals surface area contributed by atoms with Gasteiger partial charge in [-0.2, -0.15) is 5.10 Å². The molecule has 0 saturated carbocycles. The average molecular weight is 371 g/mol. The Morgan fingerprint density at radius 1 is 1.57 bits per heavy atom. The highest BCUT2D eigenvalue weighted by atomic mass is 79.9. The molecule has 0 radical (unpaired) electrons. The molecule has 0 unspecified atom stereocenters. The summed E-state index contributed by atoms with van der Waals surface area (Å²) >= 11 is 4.62. The molecule has 0 aliphatic carbocycles. The quantitative estimate of drug-likeness (QED) is 0.592. The lowest BCUT2D eigenvalue weighted by atomic mass is 10.2. The van der Waals surface area contributed by atoms with Crippen molar-refractivity contribution in [2.24, 2.45) is 15.9 Å². The first-order valence-electron chi connectivity index (χ1n) is 5.79. The Bertz CT molecular complexity index is 633. The van der Waals surface area contributed by atoms with Gasteiger partial charge >= 0.3 is 0 Å². The Labute approximate surface area is 133 Å². The van der Waals surface area contributed by atoms with E-state index in [-0.39, 0.29) is 12.5 Å². The van der Waals surface area contributed by atoms with Crippen molar-refractivity contribution in [1.29, 1.82) is 0 Å². The maximum absolute atomic E-state index is 11.0. The summed E-state index contributed by atoms with van der Waals surface area (Å²) in [4.78, 5) is 21.8. The predicted molar refractivity (Wildman–Crippen MR) is 84.5 cm³/mol. The van der Waals surface area contributed by atoms with Crippen molar-refractivity contribution < 1.29 is 14.3 Å². The number of primary amides is 1. The van der Waals surface area contributed by atoms with Crippen LogP contribution >= 0.6 is 27.7 Å². The largest absolute Gasteiger partial charge is 0.483 e. The number of nitrogens with zero attached hydrogens (tertiary/aromatic N) is 2. The monoisotopic (exact) mass is 370 g/mol. The molecule has 9 heteroatoms. The zero-order valence-electron chi connectivity index (χ0n) is 10.7. The summed E-state index contributed by atoms with van der Waals surface area (Å²) in [5.74, 6) is 0.148. The van der Waals surface area contributed by atoms with E-state index in [1.807, 2.05) is 0 Å². The summed E-state index contributed by atoms with van der Waals surface area (Å²) in [5, 5.41) is 10.8. The lowest BCUT2D eigenvalue weighted by molar-refractivity contribution is -0.120. The van der Waals surface area contributed by atoms with Gasteiger partial charge in [0.05, 0.1) is 12.0 Å². The van der Waals surface area contributed by atoms with Gasteiger partial charge in [0.2, 0.25) is 5.91 Å². The van der Waals surface area contributed by atoms with E-state index >= 15 is 0 Å². The summed E-state index contributed by atoms with van der Waals surface area (Å²) in [7, 11) is 0. The number of amidine groups is 1. The highest BCUT2D eigenvalue weighted by molar-refractivity contribution is 9.10. The van der Waals surface area contributed by atoms with Crippen LogP contribution in [0.3, 0.4) is 0 Å². The molecule has 1 heterocycles. The molecule has 2 amide bonds. The fourth-order valence-electron chi connectivity index (χ4n) is 1.42. The maximum atomic E-state index is 11.0. The molecule has 1 aliphatic rings. The van der Waals surface area contributed by atoms with Crippen LogP contribution in [0, 0.1) is 0 Å². The first kappa shape index (κ1) is 15.5. The van der Waals surface area contributed by atoms with E-state index < -0.39 is 5.91 Å². The normalized spacial score (nSPS) is 16.4. The predicted octanol–water partition coefficient (Wildman–Crippen LogP) is 0.866. The van der Waals surface area contributed by atoms with Crippen molar-refractivity contribution in [2.45, 2.75) is 0 Å². The number of carbonyl (C=O) groups excluding carboxylic acids is 2. The number of ether oxygens (including phenoxy) is 1. The number of benzene rings is 1. The van der Waals surface area contributed by atoms with Crippen LogP contribution in [0.5, 0.6) is 5.75 Å². The molecule has 0 atom stereocenters. The van der Waals surface area contributed by atoms with Gasteiger partial charge in [-0.3, -0.25) is 9.59 Å². The van der Waals surface area contributed by atoms with Crippen molar-refractivity contribution >= 4 is 50.9 Å². The van der Waals surface area contributed by atoms with Crippen LogP contribution in [-0.4, -0.2) is 35.6 Å². The first-order chi connectivity index (χ1) is 10.0. The molecule has 21 heavy (non-hydrogen) atoms. The van der Waals surface area contributed by atoms with E-state index in [9.17, 15) is 9.59 Å². The minimum atomic E-state index is -0.564. The van der Waals surface area contributed by atoms with Crippen LogP contribution < -0.4 is 15.8 Å². The second-order valence-corrected chi connectivity index (χ2v) is 5.80. The second kappa shape index (κ2) is 7.23. The number of thioether (sulfide) groups is 1. The summed E-state index contributed by atoms with van der Waals surface area (Å²) in [5.41, 5.74) is 5.67. The van der Waals surface area contributed by atoms with Gasteiger partial charge < -0.3 is 15.8 Å². The zero-order valence-corrected chi connectivity index (χ0v) is 13.1. The van der Waals surface area contributed by atoms with E-state index in [1.54, 1.807) is 18.2 Å². The molecule has 1 aliphatic heterocycles. The summed E-state index contributed by atoms with van der Waals surface area (Å²) in [6.07, 6.45) is 1.47. The minimum Gasteiger partial charge on any atom is -0.483 e. The Morgan fingerprint density at radius 3 is 3.05 bits per heavy atom. The molecular weight excluding hydrogens is 360 g/mol. The third-order valence-corrected chi connectivity index (χ3v) is 3.63. The van der Waals surface area contributed by atoms with Crippen molar-refractivity contribution in [1.82, 2.24) is 5.32 Å². The van der Waals surface area contributed by atoms with Crippen LogP contribution in [-0.2, 0) is 9.59 Å². The van der Waals surface area contributed by atoms with Gasteiger partial charge in [0, 0.05) is 10.0 Å². The molecule has 0 bridgehead atoms. The zero-order chi connectivity index (χ0) is 15.2. The molecule has 0 aromatic heterocycles. The van der Waals surface area contributed by atoms with Crippen molar-refractivity contribution in [3.05, 3.63) is 28.2 Å². The lowest BCUT2D eigenvalue weighted by Crippen LogP contribution is -2.20. The third-order valence-electron chi connectivity index (χ3n) is 2.27. The summed E-state index contributed by atoms with van der Waals surface area (Å²) in [6, 6.07) is 5.22. The van der Waals surface area contributed by atoms with Gasteiger partial charge in [-0.25, -0.2) is 0 Å². The average Bonchev–Trinajstić information content (AvgIpc) is 2.83. The van der Waals surface area contributed by atoms with E-state index in [0.717, 1.165) is 4.47 Å². The number of amides is 2. The molecule has 110 valence electrons. The van der Waals surface area contributed by atoms with Gasteiger partial charge in [0.15, 0.2) is 11.8 Å². The first-order valence-corrected chi connectivity index (χ1v) is 7.57. The van der Waals surface area contributed by atoms with Crippen molar-refractivity contribution in [3.8, 4) is 5.75 Å². The maximum Gasteiger partial charge on any atom is 0.255 e. The number of nitrogens with one attached hydrogen (secondary N) is 1. The fourth-order valence-corrected chi connectivity index (χ4v) is 2.43. The van der Waals surface area contributed by atoms with E-state index in [0.29, 0.717) is 22.2 Å². The molecule has 1 fully saturated rings. The van der Waals surface area contributed by atoms with Crippen LogP contribution in [0.4, 0.5) is 0 Å². The van der Waals surface area contributed by atoms with Crippen LogP contribution in [0.1, 0.15) is 5.56 Å². The lowest BCUT2D eigenvalue weighted by Gasteiger charge is -2.07. The van der Waals surface area contributed by atoms with E-state index in [4.69, 9.17) is 10.5 Å². The van der Waals surface area contributed by atoms with Crippen molar-refractivity contribution in [2.75, 3.05) is 12.4 Å². The highest BCUT2D eigenvalue weighted by Crippen LogP contribution is 2.22. The van der Waals surface area contributed by atoms with Crippen molar-refractivity contribution in [3.63, 3.8) is 0 Å². The van der Waals surface area contributed by atoms with Gasteiger partial charge in [0.1, 0.15) is 5.75 Å². The standard InChI is InChI=1S/C12H11BrN4O3S/c13-8-1-2-9(20-5-10(14)18)7(3-8)4-15-17-12-16-11(19)6-21-12/h1-4H,5-6H2,(H2,14,18)(H,16,17,19). The van der Waals surface area contributed by atoms with Gasteiger partial charge in [0.25, 0.3) is 5.91 Å². The highest BCUT2D eigenvalue weighted by Gasteiger charge is 2.16. The number of hydrogen-bond donors (Lipinski definition) is 2. The Hall–Kier alpha value is -1.87. The number of hydrogen-bond acceptors (Lipinski definition) is 6. The molecule has 7 nitrogen and oxygen atoms in total. The second-order valence-electron chi connectivity index (χ2n) is 3.92. The van der Waals surface area contributed by atoms with Gasteiger partial charge in [-0.05, 0) is 18.2 Å². The topological polar surface area (TPSA) is 106 Å². The van der Waals surface area contributed by atoms with Gasteiger partial charge in [-0.15, -0.1) is 5.10 Å². The molecule has 1 aromatic carbocycles. The fraction of sp³-hybridized carbons (Fsp3) is 0.167. The van der Waals surface area contributed by atoms with Crippen LogP contribution in [0.2, 0.25) is 0 Å².